The van der Waals surface area contributed by atoms with E-state index in [2.05, 4.69) is 4.98 Å². The first-order valence-electron chi connectivity index (χ1n) is 9.77. The molecule has 4 N–H and O–H groups in total. The van der Waals surface area contributed by atoms with E-state index in [0.29, 0.717) is 34.3 Å². The molecule has 0 bridgehead atoms. The minimum absolute atomic E-state index is 0.00698. The third-order valence-electron chi connectivity index (χ3n) is 5.26. The van der Waals surface area contributed by atoms with Gasteiger partial charge < -0.3 is 35.2 Å². The second-order valence-corrected chi connectivity index (χ2v) is 8.16. The average Bonchev–Trinajstić information content (AvgIpc) is 2.82. The van der Waals surface area contributed by atoms with E-state index in [0.717, 1.165) is 10.5 Å². The van der Waals surface area contributed by atoms with Crippen LogP contribution in [0.3, 0.4) is 0 Å². The summed E-state index contributed by atoms with van der Waals surface area (Å²) in [5, 5.41) is 9.20. The molecule has 33 heavy (non-hydrogen) atoms. The van der Waals surface area contributed by atoms with Crippen molar-refractivity contribution in [3.63, 3.8) is 0 Å². The molecule has 0 fully saturated rings. The van der Waals surface area contributed by atoms with E-state index in [1.54, 1.807) is 34.5 Å². The van der Waals surface area contributed by atoms with Crippen molar-refractivity contribution in [3.05, 3.63) is 47.0 Å². The minimum Gasteiger partial charge on any atom is -0.493 e. The fraction of sp³-hybridized carbons (Fsp3) is 0.217. The van der Waals surface area contributed by atoms with Crippen molar-refractivity contribution in [2.24, 2.45) is 0 Å². The van der Waals surface area contributed by atoms with Gasteiger partial charge >= 0.3 is 0 Å². The summed E-state index contributed by atoms with van der Waals surface area (Å²) in [6.45, 7) is 0. The van der Waals surface area contributed by atoms with Gasteiger partial charge in [-0.3, -0.25) is 0 Å². The summed E-state index contributed by atoms with van der Waals surface area (Å²) in [7, 11) is 6.26. The number of methoxy groups -OCH3 is 4. The molecule has 10 heteroatoms. The van der Waals surface area contributed by atoms with Crippen LogP contribution in [0.2, 0.25) is 0 Å². The lowest BCUT2D eigenvalue weighted by molar-refractivity contribution is 0.349. The Morgan fingerprint density at radius 1 is 0.939 bits per heavy atom. The Bertz CT molecular complexity index is 1270. The molecular formula is C23H22N4O5S. The highest BCUT2D eigenvalue weighted by Gasteiger charge is 2.35. The molecule has 0 saturated carbocycles. The molecule has 1 unspecified atom stereocenters. The number of ether oxygens (including phenoxy) is 5. The van der Waals surface area contributed by atoms with Crippen LogP contribution in [-0.4, -0.2) is 33.4 Å². The van der Waals surface area contributed by atoms with Gasteiger partial charge in [0, 0.05) is 16.5 Å². The number of thioether (sulfide) groups is 1. The summed E-state index contributed by atoms with van der Waals surface area (Å²) in [5.41, 5.74) is 14.0. The number of rotatable bonds is 6. The molecular weight excluding hydrogens is 444 g/mol. The number of pyridine rings is 1. The van der Waals surface area contributed by atoms with E-state index in [-0.39, 0.29) is 28.2 Å². The zero-order valence-corrected chi connectivity index (χ0v) is 19.3. The van der Waals surface area contributed by atoms with Gasteiger partial charge in [-0.05, 0) is 24.3 Å². The lowest BCUT2D eigenvalue weighted by Crippen LogP contribution is -2.15. The van der Waals surface area contributed by atoms with Crippen molar-refractivity contribution in [2.75, 3.05) is 39.9 Å². The average molecular weight is 467 g/mol. The van der Waals surface area contributed by atoms with Gasteiger partial charge in [-0.1, -0.05) is 0 Å². The molecule has 0 amide bonds. The number of nitrogens with zero attached hydrogens (tertiary/aromatic N) is 2. The van der Waals surface area contributed by atoms with Crippen LogP contribution in [0, 0.1) is 11.3 Å². The molecule has 170 valence electrons. The van der Waals surface area contributed by atoms with Gasteiger partial charge in [-0.25, -0.2) is 0 Å². The smallest absolute Gasteiger partial charge is 0.228 e. The number of aromatic nitrogens is 1. The zero-order chi connectivity index (χ0) is 23.7. The summed E-state index contributed by atoms with van der Waals surface area (Å²) in [6, 6.07) is 11.2. The Hall–Kier alpha value is -3.97. The molecule has 2 aromatic carbocycles. The Balaban J connectivity index is 1.92. The predicted molar refractivity (Wildman–Crippen MR) is 125 cm³/mol. The topological polar surface area (TPSA) is 135 Å². The number of anilines is 2. The molecule has 9 nitrogen and oxygen atoms in total. The van der Waals surface area contributed by atoms with Gasteiger partial charge in [0.15, 0.2) is 23.0 Å². The van der Waals surface area contributed by atoms with Crippen LogP contribution in [0.4, 0.5) is 11.5 Å². The largest absolute Gasteiger partial charge is 0.493 e. The van der Waals surface area contributed by atoms with E-state index in [4.69, 9.17) is 35.2 Å². The second-order valence-electron chi connectivity index (χ2n) is 6.98. The molecule has 1 aromatic heterocycles. The van der Waals surface area contributed by atoms with E-state index >= 15 is 0 Å². The first-order chi connectivity index (χ1) is 15.9. The van der Waals surface area contributed by atoms with Gasteiger partial charge in [0.25, 0.3) is 0 Å². The van der Waals surface area contributed by atoms with Gasteiger partial charge in [0.05, 0.1) is 44.9 Å². The van der Waals surface area contributed by atoms with E-state index in [9.17, 15) is 5.26 Å². The van der Waals surface area contributed by atoms with Crippen molar-refractivity contribution < 1.29 is 23.7 Å². The zero-order valence-electron chi connectivity index (χ0n) is 18.5. The molecule has 0 radical (unpaired) electrons. The molecule has 0 saturated heterocycles. The van der Waals surface area contributed by atoms with Gasteiger partial charge in [-0.15, -0.1) is 11.8 Å². The lowest BCUT2D eigenvalue weighted by Gasteiger charge is -2.29. The van der Waals surface area contributed by atoms with E-state index < -0.39 is 0 Å². The van der Waals surface area contributed by atoms with Crippen molar-refractivity contribution >= 4 is 23.3 Å². The van der Waals surface area contributed by atoms with Gasteiger partial charge in [-0.2, -0.15) is 10.2 Å². The van der Waals surface area contributed by atoms with Crippen LogP contribution in [0.25, 0.3) is 0 Å². The Labute approximate surface area is 195 Å². The number of benzene rings is 2. The van der Waals surface area contributed by atoms with Crippen LogP contribution in [0.5, 0.6) is 34.6 Å². The van der Waals surface area contributed by atoms with Crippen molar-refractivity contribution in [2.45, 2.75) is 10.1 Å². The fourth-order valence-corrected chi connectivity index (χ4v) is 4.89. The van der Waals surface area contributed by atoms with Gasteiger partial charge in [0.1, 0.15) is 23.2 Å². The Morgan fingerprint density at radius 3 is 2.21 bits per heavy atom. The highest BCUT2D eigenvalue weighted by molar-refractivity contribution is 7.99. The van der Waals surface area contributed by atoms with Crippen molar-refractivity contribution in [1.82, 2.24) is 4.98 Å². The Morgan fingerprint density at radius 2 is 1.58 bits per heavy atom. The summed E-state index contributed by atoms with van der Waals surface area (Å²) < 4.78 is 27.8. The Kier molecular flexibility index (Phi) is 5.98. The maximum Gasteiger partial charge on any atom is 0.228 e. The molecule has 0 spiro atoms. The third kappa shape index (κ3) is 3.76. The number of hydrogen-bond acceptors (Lipinski definition) is 10. The number of hydrogen-bond donors (Lipinski definition) is 2. The fourth-order valence-electron chi connectivity index (χ4n) is 3.64. The number of fused-ring (bicyclic) bond motifs is 2. The van der Waals surface area contributed by atoms with Crippen LogP contribution < -0.4 is 35.2 Å². The molecule has 1 aliphatic heterocycles. The van der Waals surface area contributed by atoms with Gasteiger partial charge in [0.2, 0.25) is 5.88 Å². The maximum absolute atomic E-state index is 9.58. The maximum atomic E-state index is 9.58. The minimum atomic E-state index is -0.387. The number of nitrogens with two attached hydrogens (primary N) is 2. The number of nitriles is 1. The van der Waals surface area contributed by atoms with Crippen molar-refractivity contribution in [1.29, 1.82) is 5.26 Å². The summed E-state index contributed by atoms with van der Waals surface area (Å²) in [6.07, 6.45) is 0. The van der Waals surface area contributed by atoms with E-state index in [1.165, 1.54) is 11.8 Å². The normalized spacial score (nSPS) is 13.7. The molecule has 2 heterocycles. The number of nitrogen functional groups attached to an aromatic ring is 2. The molecule has 4 rings (SSSR count). The molecule has 1 atom stereocenters. The van der Waals surface area contributed by atoms with Crippen LogP contribution in [0.15, 0.2) is 35.2 Å². The van der Waals surface area contributed by atoms with Crippen LogP contribution >= 0.6 is 11.8 Å². The summed E-state index contributed by atoms with van der Waals surface area (Å²) in [5.74, 6) is 3.00. The van der Waals surface area contributed by atoms with E-state index in [1.807, 2.05) is 30.3 Å². The SMILES string of the molecule is COc1ccc(SC2c3cc(OC)c(OC)cc3Oc3nc(N)c(C#N)c(N)c32)cc1OC. The summed E-state index contributed by atoms with van der Waals surface area (Å²) in [4.78, 5) is 5.19. The van der Waals surface area contributed by atoms with Crippen molar-refractivity contribution in [3.8, 4) is 40.7 Å². The molecule has 0 aliphatic carbocycles. The lowest BCUT2D eigenvalue weighted by atomic mass is 9.98. The standard InChI is InChI=1S/C23H22N4O5S/c1-28-14-6-5-11(7-16(14)29-2)33-21-12-8-17(30-3)18(31-4)9-15(12)32-23-19(21)20(25)13(10-24)22(26)27-23/h5-9,21H,1-4H3,(H4,25,26,27). The summed E-state index contributed by atoms with van der Waals surface area (Å²) >= 11 is 1.49. The first kappa shape index (κ1) is 22.2. The predicted octanol–water partition coefficient (Wildman–Crippen LogP) is 4.14. The second kappa shape index (κ2) is 8.88. The quantitative estimate of drug-likeness (QED) is 0.545. The van der Waals surface area contributed by atoms with Crippen LogP contribution in [0.1, 0.15) is 21.9 Å². The highest BCUT2D eigenvalue weighted by Crippen LogP contribution is 2.56. The molecule has 3 aromatic rings. The monoisotopic (exact) mass is 466 g/mol. The highest BCUT2D eigenvalue weighted by atomic mass is 32.2. The van der Waals surface area contributed by atoms with Crippen LogP contribution in [-0.2, 0) is 0 Å². The first-order valence-corrected chi connectivity index (χ1v) is 10.6. The third-order valence-corrected chi connectivity index (χ3v) is 6.51. The molecule has 1 aliphatic rings.